The van der Waals surface area contributed by atoms with Crippen molar-refractivity contribution >= 4 is 23.3 Å². The molecule has 2 aromatic rings. The standard InChI is InChI=1S/C17H18ClNO2/c1-12-7-8-15(18)10-16(12)19-11-14-6-4-3-5-13(14)9-17(20)21-2/h3-8,10,19H,9,11H2,1-2H3. The molecule has 3 nitrogen and oxygen atoms in total. The summed E-state index contributed by atoms with van der Waals surface area (Å²) in [5.41, 5.74) is 4.17. The maximum Gasteiger partial charge on any atom is 0.309 e. The Morgan fingerprint density at radius 1 is 1.19 bits per heavy atom. The number of methoxy groups -OCH3 is 1. The second-order valence-electron chi connectivity index (χ2n) is 4.83. The van der Waals surface area contributed by atoms with E-state index < -0.39 is 0 Å². The minimum absolute atomic E-state index is 0.235. The van der Waals surface area contributed by atoms with Gasteiger partial charge >= 0.3 is 5.97 Å². The molecule has 21 heavy (non-hydrogen) atoms. The van der Waals surface area contributed by atoms with Crippen molar-refractivity contribution < 1.29 is 9.53 Å². The second-order valence-corrected chi connectivity index (χ2v) is 5.27. The van der Waals surface area contributed by atoms with Crippen molar-refractivity contribution in [3.8, 4) is 0 Å². The number of carbonyl (C=O) groups is 1. The van der Waals surface area contributed by atoms with Crippen molar-refractivity contribution in [1.29, 1.82) is 0 Å². The summed E-state index contributed by atoms with van der Waals surface area (Å²) in [7, 11) is 1.40. The van der Waals surface area contributed by atoms with E-state index in [1.165, 1.54) is 7.11 Å². The lowest BCUT2D eigenvalue weighted by Crippen LogP contribution is -2.09. The number of hydrogen-bond donors (Lipinski definition) is 1. The molecule has 0 aromatic heterocycles. The van der Waals surface area contributed by atoms with Gasteiger partial charge in [0.2, 0.25) is 0 Å². The largest absolute Gasteiger partial charge is 0.469 e. The van der Waals surface area contributed by atoms with E-state index in [4.69, 9.17) is 16.3 Å². The fourth-order valence-corrected chi connectivity index (χ4v) is 2.28. The number of nitrogens with one attached hydrogen (secondary N) is 1. The van der Waals surface area contributed by atoms with E-state index in [2.05, 4.69) is 5.32 Å². The van der Waals surface area contributed by atoms with Gasteiger partial charge in [-0.1, -0.05) is 41.9 Å². The average molecular weight is 304 g/mol. The molecule has 4 heteroatoms. The molecule has 1 N–H and O–H groups in total. The molecule has 0 heterocycles. The lowest BCUT2D eigenvalue weighted by molar-refractivity contribution is -0.139. The van der Waals surface area contributed by atoms with Crippen LogP contribution in [0.1, 0.15) is 16.7 Å². The van der Waals surface area contributed by atoms with Crippen LogP contribution in [0.3, 0.4) is 0 Å². The first-order chi connectivity index (χ1) is 10.1. The molecule has 2 rings (SSSR count). The van der Waals surface area contributed by atoms with E-state index in [1.807, 2.05) is 49.4 Å². The van der Waals surface area contributed by atoms with Crippen LogP contribution in [0.25, 0.3) is 0 Å². The quantitative estimate of drug-likeness (QED) is 0.849. The average Bonchev–Trinajstić information content (AvgIpc) is 2.49. The number of ether oxygens (including phenoxy) is 1. The number of hydrogen-bond acceptors (Lipinski definition) is 3. The molecule has 0 fully saturated rings. The van der Waals surface area contributed by atoms with Gasteiger partial charge in [-0.05, 0) is 35.7 Å². The number of anilines is 1. The highest BCUT2D eigenvalue weighted by Crippen LogP contribution is 2.21. The topological polar surface area (TPSA) is 38.3 Å². The van der Waals surface area contributed by atoms with Crippen molar-refractivity contribution in [3.63, 3.8) is 0 Å². The highest BCUT2D eigenvalue weighted by molar-refractivity contribution is 6.30. The van der Waals surface area contributed by atoms with Gasteiger partial charge in [0.15, 0.2) is 0 Å². The molecule has 0 aliphatic carbocycles. The van der Waals surface area contributed by atoms with Crippen molar-refractivity contribution in [2.45, 2.75) is 19.9 Å². The highest BCUT2D eigenvalue weighted by Gasteiger charge is 2.08. The molecule has 0 saturated heterocycles. The minimum Gasteiger partial charge on any atom is -0.469 e. The summed E-state index contributed by atoms with van der Waals surface area (Å²) in [5, 5.41) is 4.07. The number of halogens is 1. The van der Waals surface area contributed by atoms with Gasteiger partial charge in [0.25, 0.3) is 0 Å². The molecule has 0 aliphatic rings. The summed E-state index contributed by atoms with van der Waals surface area (Å²) in [4.78, 5) is 11.4. The van der Waals surface area contributed by atoms with E-state index in [9.17, 15) is 4.79 Å². The SMILES string of the molecule is COC(=O)Cc1ccccc1CNc1cc(Cl)ccc1C. The molecule has 0 spiro atoms. The normalized spacial score (nSPS) is 10.2. The Morgan fingerprint density at radius 2 is 1.90 bits per heavy atom. The van der Waals surface area contributed by atoms with E-state index in [1.54, 1.807) is 0 Å². The van der Waals surface area contributed by atoms with Crippen LogP contribution in [0.2, 0.25) is 5.02 Å². The van der Waals surface area contributed by atoms with Gasteiger partial charge in [-0.25, -0.2) is 0 Å². The first-order valence-electron chi connectivity index (χ1n) is 6.74. The van der Waals surface area contributed by atoms with Gasteiger partial charge in [-0.15, -0.1) is 0 Å². The van der Waals surface area contributed by atoms with Gasteiger partial charge in [-0.3, -0.25) is 4.79 Å². The van der Waals surface area contributed by atoms with Crippen molar-refractivity contribution in [1.82, 2.24) is 0 Å². The predicted molar refractivity (Wildman–Crippen MR) is 85.7 cm³/mol. The zero-order valence-corrected chi connectivity index (χ0v) is 12.9. The van der Waals surface area contributed by atoms with E-state index in [0.717, 1.165) is 22.4 Å². The molecule has 0 amide bonds. The Balaban J connectivity index is 2.13. The Kier molecular flexibility index (Phi) is 5.23. The molecular formula is C17H18ClNO2. The number of rotatable bonds is 5. The molecular weight excluding hydrogens is 286 g/mol. The number of carbonyl (C=O) groups excluding carboxylic acids is 1. The number of esters is 1. The maximum absolute atomic E-state index is 11.4. The smallest absolute Gasteiger partial charge is 0.309 e. The van der Waals surface area contributed by atoms with Crippen LogP contribution in [-0.4, -0.2) is 13.1 Å². The van der Waals surface area contributed by atoms with Crippen LogP contribution < -0.4 is 5.32 Å². The van der Waals surface area contributed by atoms with Crippen LogP contribution in [0.15, 0.2) is 42.5 Å². The fourth-order valence-electron chi connectivity index (χ4n) is 2.11. The second kappa shape index (κ2) is 7.14. The van der Waals surface area contributed by atoms with Crippen LogP contribution >= 0.6 is 11.6 Å². The summed E-state index contributed by atoms with van der Waals surface area (Å²) >= 11 is 6.02. The lowest BCUT2D eigenvalue weighted by Gasteiger charge is -2.13. The van der Waals surface area contributed by atoms with Gasteiger partial charge in [0, 0.05) is 17.3 Å². The highest BCUT2D eigenvalue weighted by atomic mass is 35.5. The minimum atomic E-state index is -0.235. The molecule has 2 aromatic carbocycles. The Hall–Kier alpha value is -2.00. The summed E-state index contributed by atoms with van der Waals surface area (Å²) in [6, 6.07) is 13.6. The Bertz CT molecular complexity index is 640. The zero-order valence-electron chi connectivity index (χ0n) is 12.2. The van der Waals surface area contributed by atoms with Gasteiger partial charge < -0.3 is 10.1 Å². The first kappa shape index (κ1) is 15.4. The fraction of sp³-hybridized carbons (Fsp3) is 0.235. The first-order valence-corrected chi connectivity index (χ1v) is 7.11. The molecule has 0 bridgehead atoms. The molecule has 0 atom stereocenters. The Labute approximate surface area is 129 Å². The number of benzene rings is 2. The van der Waals surface area contributed by atoms with Gasteiger partial charge in [0.1, 0.15) is 0 Å². The van der Waals surface area contributed by atoms with Crippen molar-refractivity contribution in [3.05, 3.63) is 64.2 Å². The third kappa shape index (κ3) is 4.23. The number of aryl methyl sites for hydroxylation is 1. The molecule has 0 aliphatic heterocycles. The third-order valence-corrected chi connectivity index (χ3v) is 3.58. The van der Waals surface area contributed by atoms with E-state index in [0.29, 0.717) is 11.6 Å². The maximum atomic E-state index is 11.4. The summed E-state index contributed by atoms with van der Waals surface area (Å²) < 4.78 is 4.73. The monoisotopic (exact) mass is 303 g/mol. The lowest BCUT2D eigenvalue weighted by atomic mass is 10.0. The predicted octanol–water partition coefficient (Wildman–Crippen LogP) is 3.98. The zero-order chi connectivity index (χ0) is 15.2. The van der Waals surface area contributed by atoms with Crippen molar-refractivity contribution in [2.24, 2.45) is 0 Å². The van der Waals surface area contributed by atoms with Crippen molar-refractivity contribution in [2.75, 3.05) is 12.4 Å². The summed E-state index contributed by atoms with van der Waals surface area (Å²) in [6.45, 7) is 2.66. The third-order valence-electron chi connectivity index (χ3n) is 3.35. The van der Waals surface area contributed by atoms with Gasteiger partial charge in [-0.2, -0.15) is 0 Å². The molecule has 0 unspecified atom stereocenters. The Morgan fingerprint density at radius 3 is 2.62 bits per heavy atom. The molecule has 0 radical (unpaired) electrons. The summed E-state index contributed by atoms with van der Waals surface area (Å²) in [5.74, 6) is -0.235. The van der Waals surface area contributed by atoms with E-state index >= 15 is 0 Å². The molecule has 110 valence electrons. The van der Waals surface area contributed by atoms with Crippen LogP contribution in [-0.2, 0) is 22.5 Å². The van der Waals surface area contributed by atoms with Crippen LogP contribution in [0.5, 0.6) is 0 Å². The van der Waals surface area contributed by atoms with Gasteiger partial charge in [0.05, 0.1) is 13.5 Å². The van der Waals surface area contributed by atoms with E-state index in [-0.39, 0.29) is 12.4 Å². The molecule has 0 saturated carbocycles. The summed E-state index contributed by atoms with van der Waals surface area (Å²) in [6.07, 6.45) is 0.281. The van der Waals surface area contributed by atoms with Crippen LogP contribution in [0, 0.1) is 6.92 Å². The van der Waals surface area contributed by atoms with Crippen LogP contribution in [0.4, 0.5) is 5.69 Å².